The molecule has 0 saturated carbocycles. The van der Waals surface area contributed by atoms with Gasteiger partial charge in [0, 0.05) is 19.3 Å². The first-order valence-electron chi connectivity index (χ1n) is 4.82. The lowest BCUT2D eigenvalue weighted by Gasteiger charge is -2.04. The molecule has 84 valence electrons. The molecule has 0 aromatic heterocycles. The van der Waals surface area contributed by atoms with Crippen LogP contribution in [0.3, 0.4) is 0 Å². The first-order valence-corrected chi connectivity index (χ1v) is 6.81. The Labute approximate surface area is 118 Å². The number of nitrogens with zero attached hydrogens (tertiary/aromatic N) is 1. The molecule has 4 heteroatoms. The third kappa shape index (κ3) is 3.26. The molecule has 0 N–H and O–H groups in total. The third-order valence-electron chi connectivity index (χ3n) is 2.11. The van der Waals surface area contributed by atoms with Crippen molar-refractivity contribution in [3.63, 3.8) is 0 Å². The molecule has 0 aliphatic heterocycles. The van der Waals surface area contributed by atoms with Crippen LogP contribution in [0, 0.1) is 11.3 Å². The highest BCUT2D eigenvalue weighted by Gasteiger charge is 2.03. The lowest BCUT2D eigenvalue weighted by molar-refractivity contribution is 1.36. The van der Waals surface area contributed by atoms with Crippen molar-refractivity contribution in [2.75, 3.05) is 0 Å². The van der Waals surface area contributed by atoms with E-state index in [1.54, 1.807) is 11.8 Å². The molecule has 0 radical (unpaired) electrons. The molecule has 0 unspecified atom stereocenters. The summed E-state index contributed by atoms with van der Waals surface area (Å²) >= 11 is 11.0. The number of hydrogen-bond donors (Lipinski definition) is 0. The van der Waals surface area contributed by atoms with E-state index < -0.39 is 0 Å². The van der Waals surface area contributed by atoms with E-state index in [1.165, 1.54) is 0 Å². The van der Waals surface area contributed by atoms with Crippen LogP contribution >= 0.6 is 39.3 Å². The Morgan fingerprint density at radius 3 is 2.41 bits per heavy atom. The minimum atomic E-state index is 0.671. The highest BCUT2D eigenvalue weighted by Crippen LogP contribution is 2.34. The van der Waals surface area contributed by atoms with Gasteiger partial charge in [-0.2, -0.15) is 5.26 Å². The quantitative estimate of drug-likeness (QED) is 0.765. The Balaban J connectivity index is 2.23. The second kappa shape index (κ2) is 5.59. The standard InChI is InChI=1S/C13H7BrClNS/c14-12-7-10(15)3-6-13(12)17-11-4-1-9(8-16)2-5-11/h1-7H. The van der Waals surface area contributed by atoms with Gasteiger partial charge in [0.1, 0.15) is 0 Å². The van der Waals surface area contributed by atoms with Crippen LogP contribution < -0.4 is 0 Å². The summed E-state index contributed by atoms with van der Waals surface area (Å²) in [6.45, 7) is 0. The van der Waals surface area contributed by atoms with Gasteiger partial charge in [0.05, 0.1) is 11.6 Å². The number of halogens is 2. The van der Waals surface area contributed by atoms with Gasteiger partial charge in [-0.15, -0.1) is 0 Å². The average molecular weight is 325 g/mol. The maximum atomic E-state index is 8.71. The highest BCUT2D eigenvalue weighted by atomic mass is 79.9. The number of benzene rings is 2. The van der Waals surface area contributed by atoms with E-state index >= 15 is 0 Å². The van der Waals surface area contributed by atoms with Gasteiger partial charge in [0.2, 0.25) is 0 Å². The topological polar surface area (TPSA) is 23.8 Å². The fourth-order valence-corrected chi connectivity index (χ4v) is 3.03. The van der Waals surface area contributed by atoms with Crippen molar-refractivity contribution in [2.24, 2.45) is 0 Å². The van der Waals surface area contributed by atoms with Crippen LogP contribution in [0.4, 0.5) is 0 Å². The van der Waals surface area contributed by atoms with E-state index in [0.29, 0.717) is 10.6 Å². The summed E-state index contributed by atoms with van der Waals surface area (Å²) in [5.74, 6) is 0. The fraction of sp³-hybridized carbons (Fsp3) is 0. The molecule has 0 aliphatic carbocycles. The molecule has 17 heavy (non-hydrogen) atoms. The van der Waals surface area contributed by atoms with Crippen LogP contribution in [0.1, 0.15) is 5.56 Å². The van der Waals surface area contributed by atoms with Gasteiger partial charge in [-0.3, -0.25) is 0 Å². The fourth-order valence-electron chi connectivity index (χ4n) is 1.28. The van der Waals surface area contributed by atoms with Gasteiger partial charge in [-0.1, -0.05) is 23.4 Å². The molecule has 0 aliphatic rings. The van der Waals surface area contributed by atoms with Crippen molar-refractivity contribution in [2.45, 2.75) is 9.79 Å². The molecular formula is C13H7BrClNS. The zero-order chi connectivity index (χ0) is 12.3. The predicted octanol–water partition coefficient (Wildman–Crippen LogP) is 5.13. The van der Waals surface area contributed by atoms with Crippen LogP contribution in [0.15, 0.2) is 56.7 Å². The summed E-state index contributed by atoms with van der Waals surface area (Å²) in [5.41, 5.74) is 0.671. The molecule has 0 saturated heterocycles. The molecule has 0 heterocycles. The smallest absolute Gasteiger partial charge is 0.0991 e. The van der Waals surface area contributed by atoms with Gasteiger partial charge in [-0.05, 0) is 58.4 Å². The van der Waals surface area contributed by atoms with Crippen LogP contribution in [0.2, 0.25) is 5.02 Å². The third-order valence-corrected chi connectivity index (χ3v) is 4.34. The zero-order valence-corrected chi connectivity index (χ0v) is 11.8. The van der Waals surface area contributed by atoms with Gasteiger partial charge in [0.15, 0.2) is 0 Å². The lowest BCUT2D eigenvalue weighted by Crippen LogP contribution is -1.78. The number of nitriles is 1. The molecule has 2 aromatic rings. The summed E-state index contributed by atoms with van der Waals surface area (Å²) in [6, 6.07) is 15.3. The van der Waals surface area contributed by atoms with E-state index in [9.17, 15) is 0 Å². The summed E-state index contributed by atoms with van der Waals surface area (Å²) in [5, 5.41) is 9.42. The van der Waals surface area contributed by atoms with E-state index in [1.807, 2.05) is 42.5 Å². The minimum Gasteiger partial charge on any atom is -0.192 e. The van der Waals surface area contributed by atoms with Gasteiger partial charge >= 0.3 is 0 Å². The van der Waals surface area contributed by atoms with E-state index in [4.69, 9.17) is 16.9 Å². The molecule has 2 aromatic carbocycles. The van der Waals surface area contributed by atoms with Gasteiger partial charge in [0.25, 0.3) is 0 Å². The molecule has 0 fully saturated rings. The normalized spacial score (nSPS) is 9.94. The largest absolute Gasteiger partial charge is 0.192 e. The Bertz CT molecular complexity index is 575. The molecule has 0 spiro atoms. The zero-order valence-electron chi connectivity index (χ0n) is 8.65. The predicted molar refractivity (Wildman–Crippen MR) is 74.4 cm³/mol. The van der Waals surface area contributed by atoms with Crippen molar-refractivity contribution in [1.82, 2.24) is 0 Å². The molecule has 0 atom stereocenters. The SMILES string of the molecule is N#Cc1ccc(Sc2ccc(Cl)cc2Br)cc1. The van der Waals surface area contributed by atoms with Crippen LogP contribution in [0.25, 0.3) is 0 Å². The Kier molecular flexibility index (Phi) is 4.11. The average Bonchev–Trinajstić information content (AvgIpc) is 2.34. The van der Waals surface area contributed by atoms with E-state index in [0.717, 1.165) is 14.3 Å². The summed E-state index contributed by atoms with van der Waals surface area (Å²) in [7, 11) is 0. The Hall–Kier alpha value is -0.950. The molecule has 1 nitrogen and oxygen atoms in total. The number of rotatable bonds is 2. The van der Waals surface area contributed by atoms with Crippen molar-refractivity contribution < 1.29 is 0 Å². The van der Waals surface area contributed by atoms with Gasteiger partial charge < -0.3 is 0 Å². The molecule has 0 bridgehead atoms. The number of hydrogen-bond acceptors (Lipinski definition) is 2. The lowest BCUT2D eigenvalue weighted by atomic mass is 10.2. The highest BCUT2D eigenvalue weighted by molar-refractivity contribution is 9.10. The maximum absolute atomic E-state index is 8.71. The Morgan fingerprint density at radius 1 is 1.12 bits per heavy atom. The monoisotopic (exact) mass is 323 g/mol. The minimum absolute atomic E-state index is 0.671. The van der Waals surface area contributed by atoms with Crippen LogP contribution in [0.5, 0.6) is 0 Å². The van der Waals surface area contributed by atoms with Gasteiger partial charge in [-0.25, -0.2) is 0 Å². The first kappa shape index (κ1) is 12.5. The van der Waals surface area contributed by atoms with E-state index in [-0.39, 0.29) is 0 Å². The summed E-state index contributed by atoms with van der Waals surface area (Å²) < 4.78 is 0.972. The second-order valence-electron chi connectivity index (χ2n) is 3.31. The summed E-state index contributed by atoms with van der Waals surface area (Å²) in [6.07, 6.45) is 0. The van der Waals surface area contributed by atoms with Crippen molar-refractivity contribution in [3.8, 4) is 6.07 Å². The maximum Gasteiger partial charge on any atom is 0.0991 e. The van der Waals surface area contributed by atoms with Crippen LogP contribution in [-0.2, 0) is 0 Å². The van der Waals surface area contributed by atoms with E-state index in [2.05, 4.69) is 22.0 Å². The van der Waals surface area contributed by atoms with Crippen molar-refractivity contribution >= 4 is 39.3 Å². The van der Waals surface area contributed by atoms with Crippen molar-refractivity contribution in [1.29, 1.82) is 5.26 Å². The second-order valence-corrected chi connectivity index (χ2v) is 5.72. The molecule has 0 amide bonds. The molecule has 2 rings (SSSR count). The summed E-state index contributed by atoms with van der Waals surface area (Å²) in [4.78, 5) is 2.19. The van der Waals surface area contributed by atoms with Crippen molar-refractivity contribution in [3.05, 3.63) is 57.5 Å². The Morgan fingerprint density at radius 2 is 1.82 bits per heavy atom. The van der Waals surface area contributed by atoms with Crippen LogP contribution in [-0.4, -0.2) is 0 Å². The first-order chi connectivity index (χ1) is 8.19. The molecular weight excluding hydrogens is 318 g/mol.